The van der Waals surface area contributed by atoms with Crippen LogP contribution in [0.15, 0.2) is 36.9 Å². The van der Waals surface area contributed by atoms with Crippen molar-refractivity contribution >= 4 is 23.4 Å². The van der Waals surface area contributed by atoms with Crippen molar-refractivity contribution in [3.63, 3.8) is 0 Å². The molecule has 0 saturated carbocycles. The molecule has 2 bridgehead atoms. The second kappa shape index (κ2) is 4.69. The van der Waals surface area contributed by atoms with Crippen LogP contribution in [-0.2, 0) is 0 Å². The minimum Gasteiger partial charge on any atom is -0.366 e. The molecule has 1 N–H and O–H groups in total. The zero-order chi connectivity index (χ0) is 14.2. The molecule has 0 aromatic carbocycles. The fourth-order valence-corrected chi connectivity index (χ4v) is 2.96. The van der Waals surface area contributed by atoms with Crippen molar-refractivity contribution in [2.45, 2.75) is 12.5 Å². The lowest BCUT2D eigenvalue weighted by Crippen LogP contribution is -2.48. The summed E-state index contributed by atoms with van der Waals surface area (Å²) in [7, 11) is 0. The van der Waals surface area contributed by atoms with Gasteiger partial charge in [-0.1, -0.05) is 0 Å². The Morgan fingerprint density at radius 2 is 2.24 bits per heavy atom. The van der Waals surface area contributed by atoms with Crippen molar-refractivity contribution < 1.29 is 4.79 Å². The molecule has 0 spiro atoms. The number of hydrogen-bond donors (Lipinski definition) is 1. The van der Waals surface area contributed by atoms with Crippen LogP contribution in [0, 0.1) is 0 Å². The summed E-state index contributed by atoms with van der Waals surface area (Å²) in [5.41, 5.74) is 1.01. The number of pyridine rings is 1. The first kappa shape index (κ1) is 12.1. The number of nitrogens with one attached hydrogen (secondary N) is 1. The molecule has 2 amide bonds. The smallest absolute Gasteiger partial charge is 0.329 e. The van der Waals surface area contributed by atoms with Crippen LogP contribution in [-0.4, -0.2) is 40.1 Å². The van der Waals surface area contributed by atoms with Crippen LogP contribution in [0.3, 0.4) is 0 Å². The minimum absolute atomic E-state index is 0.157. The van der Waals surface area contributed by atoms with E-state index in [-0.39, 0.29) is 12.1 Å². The molecule has 2 aliphatic rings. The van der Waals surface area contributed by atoms with Crippen LogP contribution in [0.2, 0.25) is 0 Å². The molecule has 1 atom stereocenters. The van der Waals surface area contributed by atoms with Gasteiger partial charge in [0.05, 0.1) is 17.9 Å². The average molecular weight is 282 g/mol. The van der Waals surface area contributed by atoms with Gasteiger partial charge in [-0.15, -0.1) is 0 Å². The predicted octanol–water partition coefficient (Wildman–Crippen LogP) is 1.50. The number of fused-ring (bicyclic) bond motifs is 4. The van der Waals surface area contributed by atoms with Crippen molar-refractivity contribution in [1.82, 2.24) is 15.0 Å². The Morgan fingerprint density at radius 1 is 1.29 bits per heavy atom. The summed E-state index contributed by atoms with van der Waals surface area (Å²) >= 11 is 0. The zero-order valence-electron chi connectivity index (χ0n) is 11.3. The number of carbonyl (C=O) groups is 1. The Bertz CT molecular complexity index is 676. The number of anilines is 3. The molecule has 106 valence electrons. The summed E-state index contributed by atoms with van der Waals surface area (Å²) in [5, 5.41) is 2.79. The lowest BCUT2D eigenvalue weighted by molar-refractivity contribution is 0.254. The maximum absolute atomic E-state index is 12.6. The zero-order valence-corrected chi connectivity index (χ0v) is 11.3. The molecule has 7 nitrogen and oxygen atoms in total. The number of amides is 2. The van der Waals surface area contributed by atoms with Gasteiger partial charge in [0.25, 0.3) is 0 Å². The molecule has 21 heavy (non-hydrogen) atoms. The number of hydrogen-bond acceptors (Lipinski definition) is 5. The summed E-state index contributed by atoms with van der Waals surface area (Å²) in [6.45, 7) is 1.81. The molecule has 0 aliphatic carbocycles. The first-order chi connectivity index (χ1) is 10.3. The predicted molar refractivity (Wildman–Crippen MR) is 78.4 cm³/mol. The van der Waals surface area contributed by atoms with Gasteiger partial charge >= 0.3 is 6.03 Å². The van der Waals surface area contributed by atoms with E-state index in [0.717, 1.165) is 25.2 Å². The van der Waals surface area contributed by atoms with Crippen molar-refractivity contribution in [2.75, 3.05) is 28.2 Å². The highest BCUT2D eigenvalue weighted by molar-refractivity contribution is 6.03. The van der Waals surface area contributed by atoms with Crippen molar-refractivity contribution in [3.05, 3.63) is 36.9 Å². The summed E-state index contributed by atoms with van der Waals surface area (Å²) in [4.78, 5) is 29.1. The maximum atomic E-state index is 12.6. The fraction of sp³-hybridized carbons (Fsp3) is 0.286. The van der Waals surface area contributed by atoms with E-state index < -0.39 is 0 Å². The summed E-state index contributed by atoms with van der Waals surface area (Å²) < 4.78 is 0. The molecular formula is C14H14N6O. The van der Waals surface area contributed by atoms with E-state index in [1.165, 1.54) is 6.20 Å². The molecule has 2 aromatic rings. The molecule has 0 radical (unpaired) electrons. The number of rotatable bonds is 1. The van der Waals surface area contributed by atoms with Gasteiger partial charge in [-0.3, -0.25) is 15.2 Å². The Balaban J connectivity index is 1.67. The lowest BCUT2D eigenvalue weighted by Gasteiger charge is -2.35. The average Bonchev–Trinajstić information content (AvgIpc) is 2.93. The van der Waals surface area contributed by atoms with Crippen LogP contribution in [0.25, 0.3) is 0 Å². The van der Waals surface area contributed by atoms with Gasteiger partial charge in [-0.25, -0.2) is 14.8 Å². The van der Waals surface area contributed by atoms with Gasteiger partial charge < -0.3 is 4.90 Å². The second-order valence-electron chi connectivity index (χ2n) is 5.13. The molecule has 7 heteroatoms. The fourth-order valence-electron chi connectivity index (χ4n) is 2.96. The van der Waals surface area contributed by atoms with Crippen LogP contribution in [0.4, 0.5) is 22.1 Å². The molecule has 1 fully saturated rings. The van der Waals surface area contributed by atoms with E-state index in [0.29, 0.717) is 11.6 Å². The number of carbonyl (C=O) groups excluding carboxylic acids is 1. The SMILES string of the molecule is O=C(Nc1cnccn1)N1c2ncccc2N2CCC1C2. The second-order valence-corrected chi connectivity index (χ2v) is 5.13. The third kappa shape index (κ3) is 1.97. The Hall–Kier alpha value is -2.70. The van der Waals surface area contributed by atoms with Crippen LogP contribution in [0.5, 0.6) is 0 Å². The van der Waals surface area contributed by atoms with Crippen LogP contribution < -0.4 is 15.1 Å². The van der Waals surface area contributed by atoms with E-state index in [1.807, 2.05) is 12.1 Å². The van der Waals surface area contributed by atoms with E-state index in [4.69, 9.17) is 0 Å². The highest BCUT2D eigenvalue weighted by atomic mass is 16.2. The van der Waals surface area contributed by atoms with Gasteiger partial charge in [-0.2, -0.15) is 0 Å². The third-order valence-electron chi connectivity index (χ3n) is 3.88. The summed E-state index contributed by atoms with van der Waals surface area (Å²) in [6.07, 6.45) is 7.32. The van der Waals surface area contributed by atoms with Gasteiger partial charge in [0.15, 0.2) is 11.6 Å². The number of aromatic nitrogens is 3. The Labute approximate surface area is 121 Å². The number of urea groups is 1. The Morgan fingerprint density at radius 3 is 3.10 bits per heavy atom. The first-order valence-corrected chi connectivity index (χ1v) is 6.89. The van der Waals surface area contributed by atoms with Gasteiger partial charge in [0.1, 0.15) is 0 Å². The van der Waals surface area contributed by atoms with Gasteiger partial charge in [0, 0.05) is 31.7 Å². The molecule has 2 aliphatic heterocycles. The minimum atomic E-state index is -0.206. The third-order valence-corrected chi connectivity index (χ3v) is 3.88. The lowest BCUT2D eigenvalue weighted by atomic mass is 10.2. The molecule has 4 rings (SSSR count). The number of nitrogens with zero attached hydrogens (tertiary/aromatic N) is 5. The Kier molecular flexibility index (Phi) is 2.70. The van der Waals surface area contributed by atoms with Gasteiger partial charge in [-0.05, 0) is 18.6 Å². The topological polar surface area (TPSA) is 74.2 Å². The highest BCUT2D eigenvalue weighted by Crippen LogP contribution is 2.38. The molecule has 1 unspecified atom stereocenters. The van der Waals surface area contributed by atoms with E-state index >= 15 is 0 Å². The van der Waals surface area contributed by atoms with Gasteiger partial charge in [0.2, 0.25) is 0 Å². The summed E-state index contributed by atoms with van der Waals surface area (Å²) in [5.74, 6) is 1.16. The highest BCUT2D eigenvalue weighted by Gasteiger charge is 2.39. The molecule has 1 saturated heterocycles. The monoisotopic (exact) mass is 282 g/mol. The van der Waals surface area contributed by atoms with Crippen molar-refractivity contribution in [2.24, 2.45) is 0 Å². The van der Waals surface area contributed by atoms with E-state index in [9.17, 15) is 4.79 Å². The molecule has 2 aromatic heterocycles. The van der Waals surface area contributed by atoms with Crippen LogP contribution >= 0.6 is 0 Å². The van der Waals surface area contributed by atoms with Crippen molar-refractivity contribution in [1.29, 1.82) is 0 Å². The quantitative estimate of drug-likeness (QED) is 0.858. The van der Waals surface area contributed by atoms with Crippen molar-refractivity contribution in [3.8, 4) is 0 Å². The normalized spacial score (nSPS) is 19.3. The van der Waals surface area contributed by atoms with Crippen LogP contribution in [0.1, 0.15) is 6.42 Å². The first-order valence-electron chi connectivity index (χ1n) is 6.89. The standard InChI is InChI=1S/C14H14N6O/c21-14(18-12-8-15-5-6-16-12)20-10-3-7-19(9-10)11-2-1-4-17-13(11)20/h1-2,4-6,8,10H,3,7,9H2,(H,16,18,21). The van der Waals surface area contributed by atoms with E-state index in [2.05, 4.69) is 25.2 Å². The maximum Gasteiger partial charge on any atom is 0.329 e. The summed E-state index contributed by atoms with van der Waals surface area (Å²) in [6, 6.07) is 3.86. The molecular weight excluding hydrogens is 268 g/mol. The molecule has 4 heterocycles. The largest absolute Gasteiger partial charge is 0.366 e. The van der Waals surface area contributed by atoms with E-state index in [1.54, 1.807) is 23.5 Å².